The number of unbranched alkanes of at least 4 members (excludes halogenated alkanes) is 1. The third-order valence-corrected chi connectivity index (χ3v) is 3.84. The highest BCUT2D eigenvalue weighted by Gasteiger charge is 2.20. The molecular formula is C10H15N3O5S. The number of nitrogens with zero attached hydrogens (tertiary/aromatic N) is 1. The van der Waals surface area contributed by atoms with Crippen molar-refractivity contribution in [2.45, 2.75) is 17.7 Å². The fourth-order valence-corrected chi connectivity index (χ4v) is 2.47. The first-order valence-corrected chi connectivity index (χ1v) is 7.04. The Hall–Kier alpha value is -1.71. The van der Waals surface area contributed by atoms with Crippen LogP contribution in [0.25, 0.3) is 0 Å². The maximum Gasteiger partial charge on any atom is 0.312 e. The van der Waals surface area contributed by atoms with Crippen LogP contribution >= 0.6 is 0 Å². The van der Waals surface area contributed by atoms with Gasteiger partial charge in [-0.2, -0.15) is 0 Å². The van der Waals surface area contributed by atoms with E-state index < -0.39 is 26.4 Å². The summed E-state index contributed by atoms with van der Waals surface area (Å²) in [6.45, 7) is 0.667. The van der Waals surface area contributed by atoms with Crippen LogP contribution in [0.4, 0.5) is 5.69 Å². The number of nitro groups is 1. The molecule has 0 saturated heterocycles. The number of sulfonamides is 1. The van der Waals surface area contributed by atoms with Crippen molar-refractivity contribution in [2.75, 3.05) is 13.1 Å². The minimum Gasteiger partial charge on any atom is -0.502 e. The molecule has 0 aliphatic heterocycles. The van der Waals surface area contributed by atoms with Gasteiger partial charge in [0, 0.05) is 12.6 Å². The van der Waals surface area contributed by atoms with Crippen LogP contribution in [-0.4, -0.2) is 31.5 Å². The van der Waals surface area contributed by atoms with Gasteiger partial charge in [-0.3, -0.25) is 10.1 Å². The average molecular weight is 289 g/mol. The van der Waals surface area contributed by atoms with Gasteiger partial charge < -0.3 is 10.8 Å². The van der Waals surface area contributed by atoms with Gasteiger partial charge in [0.15, 0.2) is 5.75 Å². The Kier molecular flexibility index (Phi) is 5.21. The van der Waals surface area contributed by atoms with Crippen molar-refractivity contribution < 1.29 is 18.4 Å². The molecule has 1 rings (SSSR count). The summed E-state index contributed by atoms with van der Waals surface area (Å²) < 4.78 is 26.0. The van der Waals surface area contributed by atoms with Gasteiger partial charge in [-0.15, -0.1) is 0 Å². The molecule has 0 bridgehead atoms. The van der Waals surface area contributed by atoms with Crippen LogP contribution in [-0.2, 0) is 10.0 Å². The summed E-state index contributed by atoms with van der Waals surface area (Å²) in [5, 5.41) is 19.9. The van der Waals surface area contributed by atoms with E-state index in [2.05, 4.69) is 4.72 Å². The summed E-state index contributed by atoms with van der Waals surface area (Å²) in [6.07, 6.45) is 1.26. The largest absolute Gasteiger partial charge is 0.502 e. The summed E-state index contributed by atoms with van der Waals surface area (Å²) in [7, 11) is -3.82. The maximum atomic E-state index is 11.8. The molecule has 0 spiro atoms. The van der Waals surface area contributed by atoms with Gasteiger partial charge in [0.1, 0.15) is 0 Å². The highest BCUT2D eigenvalue weighted by molar-refractivity contribution is 7.89. The average Bonchev–Trinajstić information content (AvgIpc) is 2.34. The Bertz CT molecular complexity index is 558. The molecule has 1 aromatic rings. The number of hydrogen-bond acceptors (Lipinski definition) is 6. The zero-order valence-corrected chi connectivity index (χ0v) is 10.9. The number of benzene rings is 1. The van der Waals surface area contributed by atoms with Crippen LogP contribution in [0.3, 0.4) is 0 Å². The minimum atomic E-state index is -3.82. The number of nitro benzene ring substituents is 1. The predicted octanol–water partition coefficient (Wildman–Crippen LogP) is 0.318. The van der Waals surface area contributed by atoms with Crippen LogP contribution in [0.5, 0.6) is 5.75 Å². The molecule has 106 valence electrons. The van der Waals surface area contributed by atoms with Gasteiger partial charge in [0.05, 0.1) is 9.82 Å². The van der Waals surface area contributed by atoms with E-state index in [-0.39, 0.29) is 11.4 Å². The van der Waals surface area contributed by atoms with E-state index in [0.29, 0.717) is 19.4 Å². The van der Waals surface area contributed by atoms with Crippen LogP contribution < -0.4 is 10.5 Å². The first-order valence-electron chi connectivity index (χ1n) is 5.55. The number of nitrogens with two attached hydrogens (primary N) is 1. The Morgan fingerprint density at radius 2 is 2.05 bits per heavy atom. The molecule has 19 heavy (non-hydrogen) atoms. The van der Waals surface area contributed by atoms with Crippen LogP contribution in [0.1, 0.15) is 12.8 Å². The molecule has 0 radical (unpaired) electrons. The molecule has 0 heterocycles. The van der Waals surface area contributed by atoms with Crippen LogP contribution in [0.15, 0.2) is 23.1 Å². The highest BCUT2D eigenvalue weighted by atomic mass is 32.2. The maximum absolute atomic E-state index is 11.8. The second-order valence-corrected chi connectivity index (χ2v) is 5.57. The van der Waals surface area contributed by atoms with Crippen molar-refractivity contribution >= 4 is 15.7 Å². The Morgan fingerprint density at radius 3 is 2.63 bits per heavy atom. The van der Waals surface area contributed by atoms with Gasteiger partial charge >= 0.3 is 5.69 Å². The number of phenolic OH excluding ortho intramolecular Hbond substituents is 1. The van der Waals surface area contributed by atoms with Gasteiger partial charge in [-0.05, 0) is 31.5 Å². The molecule has 9 heteroatoms. The molecular weight excluding hydrogens is 274 g/mol. The van der Waals surface area contributed by atoms with E-state index in [4.69, 9.17) is 5.73 Å². The lowest BCUT2D eigenvalue weighted by molar-refractivity contribution is -0.386. The van der Waals surface area contributed by atoms with Crippen molar-refractivity contribution in [2.24, 2.45) is 5.73 Å². The van der Waals surface area contributed by atoms with E-state index in [1.165, 1.54) is 0 Å². The van der Waals surface area contributed by atoms with Crippen molar-refractivity contribution in [3.05, 3.63) is 28.3 Å². The van der Waals surface area contributed by atoms with Crippen molar-refractivity contribution in [3.8, 4) is 5.75 Å². The molecule has 0 fully saturated rings. The van der Waals surface area contributed by atoms with Crippen molar-refractivity contribution in [1.82, 2.24) is 4.72 Å². The molecule has 0 aromatic heterocycles. The van der Waals surface area contributed by atoms with Crippen LogP contribution in [0.2, 0.25) is 0 Å². The number of nitrogens with one attached hydrogen (secondary N) is 1. The normalized spacial score (nSPS) is 11.4. The lowest BCUT2D eigenvalue weighted by atomic mass is 10.3. The predicted molar refractivity (Wildman–Crippen MR) is 68.2 cm³/mol. The molecule has 0 amide bonds. The summed E-state index contributed by atoms with van der Waals surface area (Å²) in [4.78, 5) is 9.51. The smallest absolute Gasteiger partial charge is 0.312 e. The highest BCUT2D eigenvalue weighted by Crippen LogP contribution is 2.28. The van der Waals surface area contributed by atoms with E-state index >= 15 is 0 Å². The first-order chi connectivity index (χ1) is 8.88. The molecule has 0 atom stereocenters. The lowest BCUT2D eigenvalue weighted by Gasteiger charge is -2.06. The number of rotatable bonds is 7. The topological polar surface area (TPSA) is 136 Å². The molecule has 4 N–H and O–H groups in total. The molecule has 8 nitrogen and oxygen atoms in total. The van der Waals surface area contributed by atoms with Crippen molar-refractivity contribution in [1.29, 1.82) is 0 Å². The van der Waals surface area contributed by atoms with E-state index in [9.17, 15) is 23.6 Å². The Morgan fingerprint density at radius 1 is 1.37 bits per heavy atom. The number of aromatic hydroxyl groups is 1. The second-order valence-electron chi connectivity index (χ2n) is 3.80. The Balaban J connectivity index is 2.89. The minimum absolute atomic E-state index is 0.203. The molecule has 0 aliphatic rings. The lowest BCUT2D eigenvalue weighted by Crippen LogP contribution is -2.25. The van der Waals surface area contributed by atoms with E-state index in [1.54, 1.807) is 0 Å². The van der Waals surface area contributed by atoms with E-state index in [1.807, 2.05) is 0 Å². The SMILES string of the molecule is NCCCCNS(=O)(=O)c1ccc(O)c([N+](=O)[O-])c1. The second kappa shape index (κ2) is 6.45. The van der Waals surface area contributed by atoms with Crippen molar-refractivity contribution in [3.63, 3.8) is 0 Å². The molecule has 0 aliphatic carbocycles. The van der Waals surface area contributed by atoms with Gasteiger partial charge in [0.25, 0.3) is 0 Å². The van der Waals surface area contributed by atoms with E-state index in [0.717, 1.165) is 18.2 Å². The van der Waals surface area contributed by atoms with Gasteiger partial charge in [0.2, 0.25) is 10.0 Å². The number of phenols is 1. The van der Waals surface area contributed by atoms with Crippen LogP contribution in [0, 0.1) is 10.1 Å². The van der Waals surface area contributed by atoms with Gasteiger partial charge in [-0.1, -0.05) is 0 Å². The summed E-state index contributed by atoms with van der Waals surface area (Å²) in [6, 6.07) is 2.90. The first kappa shape index (κ1) is 15.3. The third-order valence-electron chi connectivity index (χ3n) is 2.38. The Labute approximate surface area is 110 Å². The molecule has 0 unspecified atom stereocenters. The summed E-state index contributed by atoms with van der Waals surface area (Å²) in [5.41, 5.74) is 4.63. The fourth-order valence-electron chi connectivity index (χ4n) is 1.38. The zero-order chi connectivity index (χ0) is 14.5. The number of hydrogen-bond donors (Lipinski definition) is 3. The third kappa shape index (κ3) is 4.16. The van der Waals surface area contributed by atoms with Gasteiger partial charge in [-0.25, -0.2) is 13.1 Å². The summed E-state index contributed by atoms with van der Waals surface area (Å²) in [5.74, 6) is -0.577. The fraction of sp³-hybridized carbons (Fsp3) is 0.400. The standard InChI is InChI=1S/C10H15N3O5S/c11-5-1-2-6-12-19(17,18)8-3-4-10(14)9(7-8)13(15)16/h3-4,7,12,14H,1-2,5-6,11H2. The monoisotopic (exact) mass is 289 g/mol. The quantitative estimate of drug-likeness (QED) is 0.375. The summed E-state index contributed by atoms with van der Waals surface area (Å²) >= 11 is 0. The zero-order valence-electron chi connectivity index (χ0n) is 10.1. The molecule has 0 saturated carbocycles. The molecule has 1 aromatic carbocycles.